The third-order valence-electron chi connectivity index (χ3n) is 6.06. The molecule has 0 amide bonds. The summed E-state index contributed by atoms with van der Waals surface area (Å²) in [5.74, 6) is 1.82. The van der Waals surface area contributed by atoms with Crippen LogP contribution in [0.5, 0.6) is 0 Å². The van der Waals surface area contributed by atoms with E-state index in [1.54, 1.807) is 0 Å². The minimum Gasteiger partial charge on any atom is -0.462 e. The van der Waals surface area contributed by atoms with Gasteiger partial charge in [0.25, 0.3) is 0 Å². The molecule has 2 aliphatic carbocycles. The predicted molar refractivity (Wildman–Crippen MR) is 87.1 cm³/mol. The van der Waals surface area contributed by atoms with Crippen molar-refractivity contribution in [1.29, 1.82) is 0 Å². The lowest BCUT2D eigenvalue weighted by atomic mass is 9.64. The zero-order valence-electron chi connectivity index (χ0n) is 14.3. The molecular formula is C19H34O2. The molecule has 2 rings (SSSR count). The molecule has 122 valence electrons. The van der Waals surface area contributed by atoms with E-state index >= 15 is 0 Å². The van der Waals surface area contributed by atoms with Crippen LogP contribution >= 0.6 is 0 Å². The second kappa shape index (κ2) is 7.65. The van der Waals surface area contributed by atoms with Crippen molar-refractivity contribution < 1.29 is 9.53 Å². The highest BCUT2D eigenvalue weighted by Crippen LogP contribution is 2.46. The first-order valence-electron chi connectivity index (χ1n) is 9.26. The van der Waals surface area contributed by atoms with Gasteiger partial charge in [0.05, 0.1) is 0 Å². The van der Waals surface area contributed by atoms with Gasteiger partial charge < -0.3 is 4.74 Å². The third kappa shape index (κ3) is 4.72. The van der Waals surface area contributed by atoms with E-state index in [-0.39, 0.29) is 12.1 Å². The van der Waals surface area contributed by atoms with Crippen LogP contribution in [-0.4, -0.2) is 12.1 Å². The molecule has 0 bridgehead atoms. The number of ether oxygens (including phenoxy) is 1. The van der Waals surface area contributed by atoms with Gasteiger partial charge in [-0.1, -0.05) is 27.2 Å². The second-order valence-corrected chi connectivity index (χ2v) is 7.78. The lowest BCUT2D eigenvalue weighted by molar-refractivity contribution is -0.150. The van der Waals surface area contributed by atoms with Gasteiger partial charge in [-0.25, -0.2) is 0 Å². The maximum absolute atomic E-state index is 11.4. The molecular weight excluding hydrogens is 260 g/mol. The normalized spacial score (nSPS) is 37.2. The van der Waals surface area contributed by atoms with Crippen molar-refractivity contribution in [1.82, 2.24) is 0 Å². The van der Waals surface area contributed by atoms with E-state index in [2.05, 4.69) is 13.8 Å². The summed E-state index contributed by atoms with van der Waals surface area (Å²) in [5.41, 5.74) is 0.624. The van der Waals surface area contributed by atoms with E-state index in [1.165, 1.54) is 51.4 Å². The fourth-order valence-electron chi connectivity index (χ4n) is 4.61. The maximum atomic E-state index is 11.4. The average Bonchev–Trinajstić information content (AvgIpc) is 2.49. The summed E-state index contributed by atoms with van der Waals surface area (Å²) < 4.78 is 5.50. The van der Waals surface area contributed by atoms with Gasteiger partial charge in [0.1, 0.15) is 6.10 Å². The zero-order valence-corrected chi connectivity index (χ0v) is 14.3. The predicted octanol–water partition coefficient (Wildman–Crippen LogP) is 5.50. The summed E-state index contributed by atoms with van der Waals surface area (Å²) in [6, 6.07) is 0. The van der Waals surface area contributed by atoms with Crippen molar-refractivity contribution in [3.8, 4) is 0 Å². The van der Waals surface area contributed by atoms with Gasteiger partial charge >= 0.3 is 5.97 Å². The Hall–Kier alpha value is -0.530. The number of esters is 1. The Kier molecular flexibility index (Phi) is 6.13. The highest BCUT2D eigenvalue weighted by molar-refractivity contribution is 5.69. The molecule has 0 N–H and O–H groups in total. The number of carbonyl (C=O) groups is 1. The summed E-state index contributed by atoms with van der Waals surface area (Å²) in [5, 5.41) is 0. The Labute approximate surface area is 131 Å². The molecule has 0 radical (unpaired) electrons. The van der Waals surface area contributed by atoms with Gasteiger partial charge in [-0.2, -0.15) is 0 Å². The van der Waals surface area contributed by atoms with Crippen molar-refractivity contribution in [3.05, 3.63) is 0 Å². The van der Waals surface area contributed by atoms with Crippen LogP contribution in [0.4, 0.5) is 0 Å². The van der Waals surface area contributed by atoms with Crippen molar-refractivity contribution in [2.75, 3.05) is 0 Å². The number of hydrogen-bond acceptors (Lipinski definition) is 2. The van der Waals surface area contributed by atoms with Gasteiger partial charge in [-0.15, -0.1) is 0 Å². The fraction of sp³-hybridized carbons (Fsp3) is 0.947. The second-order valence-electron chi connectivity index (χ2n) is 7.78. The quantitative estimate of drug-likeness (QED) is 0.626. The van der Waals surface area contributed by atoms with E-state index in [0.29, 0.717) is 11.8 Å². The summed E-state index contributed by atoms with van der Waals surface area (Å²) >= 11 is 0. The van der Waals surface area contributed by atoms with E-state index in [9.17, 15) is 4.79 Å². The Morgan fingerprint density at radius 1 is 1.00 bits per heavy atom. The van der Waals surface area contributed by atoms with Gasteiger partial charge in [-0.3, -0.25) is 4.79 Å². The first kappa shape index (κ1) is 16.8. The van der Waals surface area contributed by atoms with Gasteiger partial charge in [0, 0.05) is 6.42 Å². The summed E-state index contributed by atoms with van der Waals surface area (Å²) in [7, 11) is 0. The molecule has 0 atom stereocenters. The molecule has 0 spiro atoms. The number of rotatable bonds is 5. The van der Waals surface area contributed by atoms with E-state index < -0.39 is 0 Å². The minimum absolute atomic E-state index is 0.0218. The van der Waals surface area contributed by atoms with Gasteiger partial charge in [-0.05, 0) is 75.0 Å². The smallest absolute Gasteiger partial charge is 0.305 e. The number of carbonyl (C=O) groups excluding carboxylic acids is 1. The molecule has 2 heteroatoms. The van der Waals surface area contributed by atoms with E-state index in [0.717, 1.165) is 24.7 Å². The first-order valence-corrected chi connectivity index (χ1v) is 9.26. The van der Waals surface area contributed by atoms with Crippen molar-refractivity contribution in [2.45, 2.75) is 97.5 Å². The largest absolute Gasteiger partial charge is 0.462 e. The zero-order chi connectivity index (χ0) is 15.3. The van der Waals surface area contributed by atoms with Gasteiger partial charge in [0.2, 0.25) is 0 Å². The van der Waals surface area contributed by atoms with Crippen LogP contribution in [0.3, 0.4) is 0 Å². The molecule has 0 unspecified atom stereocenters. The summed E-state index contributed by atoms with van der Waals surface area (Å²) in [6.45, 7) is 6.69. The Bertz CT molecular complexity index is 320. The fourth-order valence-corrected chi connectivity index (χ4v) is 4.61. The molecule has 0 saturated heterocycles. The molecule has 0 aromatic carbocycles. The molecule has 21 heavy (non-hydrogen) atoms. The van der Waals surface area contributed by atoms with Crippen LogP contribution in [0.2, 0.25) is 0 Å². The van der Waals surface area contributed by atoms with Crippen LogP contribution in [0.1, 0.15) is 91.4 Å². The molecule has 2 nitrogen and oxygen atoms in total. The topological polar surface area (TPSA) is 26.3 Å². The summed E-state index contributed by atoms with van der Waals surface area (Å²) in [6.07, 6.45) is 13.9. The van der Waals surface area contributed by atoms with Gasteiger partial charge in [0.15, 0.2) is 0 Å². The Morgan fingerprint density at radius 2 is 1.57 bits per heavy atom. The monoisotopic (exact) mass is 294 g/mol. The van der Waals surface area contributed by atoms with Crippen molar-refractivity contribution in [2.24, 2.45) is 17.3 Å². The third-order valence-corrected chi connectivity index (χ3v) is 6.06. The standard InChI is InChI=1S/C19H34O2/c1-4-12-19(3)13-10-16(11-14-19)15-6-8-17(9-7-15)21-18(20)5-2/h15-17H,4-14H2,1-3H3. The van der Waals surface area contributed by atoms with Crippen LogP contribution in [0.25, 0.3) is 0 Å². The van der Waals surface area contributed by atoms with Crippen molar-refractivity contribution >= 4 is 5.97 Å². The van der Waals surface area contributed by atoms with Crippen LogP contribution in [-0.2, 0) is 9.53 Å². The Morgan fingerprint density at radius 3 is 2.10 bits per heavy atom. The molecule has 2 saturated carbocycles. The first-order chi connectivity index (χ1) is 10.1. The van der Waals surface area contributed by atoms with E-state index in [1.807, 2.05) is 6.92 Å². The highest BCUT2D eigenvalue weighted by atomic mass is 16.5. The van der Waals surface area contributed by atoms with Crippen molar-refractivity contribution in [3.63, 3.8) is 0 Å². The molecule has 0 aromatic rings. The van der Waals surface area contributed by atoms with Crippen LogP contribution < -0.4 is 0 Å². The molecule has 0 aromatic heterocycles. The molecule has 2 fully saturated rings. The molecule has 0 aliphatic heterocycles. The minimum atomic E-state index is -0.0218. The summed E-state index contributed by atoms with van der Waals surface area (Å²) in [4.78, 5) is 11.4. The van der Waals surface area contributed by atoms with Crippen LogP contribution in [0.15, 0.2) is 0 Å². The maximum Gasteiger partial charge on any atom is 0.305 e. The molecule has 2 aliphatic rings. The Balaban J connectivity index is 1.73. The highest BCUT2D eigenvalue weighted by Gasteiger charge is 2.35. The number of hydrogen-bond donors (Lipinski definition) is 0. The SMILES string of the molecule is CCCC1(C)CCC(C2CCC(OC(=O)CC)CC2)CC1. The molecule has 0 heterocycles. The average molecular weight is 294 g/mol. The lowest BCUT2D eigenvalue weighted by Gasteiger charge is -2.42. The lowest BCUT2D eigenvalue weighted by Crippen LogP contribution is -2.32. The van der Waals surface area contributed by atoms with Crippen LogP contribution in [0, 0.1) is 17.3 Å². The van der Waals surface area contributed by atoms with E-state index in [4.69, 9.17) is 4.74 Å².